The maximum absolute atomic E-state index is 12.4. The van der Waals surface area contributed by atoms with Crippen molar-refractivity contribution in [2.75, 3.05) is 13.1 Å². The molecule has 0 bridgehead atoms. The fraction of sp³-hybridized carbons (Fsp3) is 0.500. The first-order valence-electron chi connectivity index (χ1n) is 14.5. The first-order chi connectivity index (χ1) is 19.2. The Hall–Kier alpha value is -3.26. The van der Waals surface area contributed by atoms with Gasteiger partial charge >= 0.3 is 6.09 Å². The Bertz CT molecular complexity index is 1440. The molecule has 5 rings (SSSR count). The number of hydrogen-bond acceptors (Lipinski definition) is 5. The standard InChI is InChI=1S/C32H42N4O3S/c1-6-9-24-22-33-30(28-21-29-27(34(28)5)15-19-40-29)36(24)16-8-11-23-10-7-12-26(20-23)38-25-13-17-35(18-14-25)31(37)39-32(2,3)4/h7,10,12,15,19-22,25H,6,8-9,11,13-14,16-18H2,1-5H3. The van der Waals surface area contributed by atoms with Crippen LogP contribution in [0.15, 0.2) is 48.0 Å². The molecule has 1 aliphatic heterocycles. The average Bonchev–Trinajstić information content (AvgIpc) is 3.61. The van der Waals surface area contributed by atoms with E-state index in [2.05, 4.69) is 65.0 Å². The van der Waals surface area contributed by atoms with Crippen LogP contribution in [-0.4, -0.2) is 49.9 Å². The molecule has 1 aliphatic rings. The SMILES string of the molecule is CCCc1cnc(-c2cc3sccc3n2C)n1CCCc1cccc(OC2CCN(C(=O)OC(C)(C)C)CC2)c1. The molecule has 0 aliphatic carbocycles. The summed E-state index contributed by atoms with van der Waals surface area (Å²) in [6.07, 6.45) is 7.68. The van der Waals surface area contributed by atoms with E-state index >= 15 is 0 Å². The number of likely N-dealkylation sites (tertiary alicyclic amines) is 1. The third-order valence-corrected chi connectivity index (χ3v) is 8.33. The molecule has 3 aromatic heterocycles. The number of fused-ring (bicyclic) bond motifs is 1. The molecule has 0 radical (unpaired) electrons. The molecule has 0 atom stereocenters. The Morgan fingerprint density at radius 3 is 2.65 bits per heavy atom. The Morgan fingerprint density at radius 2 is 1.93 bits per heavy atom. The van der Waals surface area contributed by atoms with Crippen LogP contribution in [0.4, 0.5) is 4.79 Å². The second-order valence-electron chi connectivity index (χ2n) is 11.8. The van der Waals surface area contributed by atoms with Crippen LogP contribution in [0.25, 0.3) is 21.7 Å². The highest BCUT2D eigenvalue weighted by Gasteiger charge is 2.27. The van der Waals surface area contributed by atoms with Crippen molar-refractivity contribution in [3.05, 3.63) is 59.2 Å². The predicted molar refractivity (Wildman–Crippen MR) is 162 cm³/mol. The van der Waals surface area contributed by atoms with E-state index in [-0.39, 0.29) is 12.2 Å². The lowest BCUT2D eigenvalue weighted by Crippen LogP contribution is -2.44. The quantitative estimate of drug-likeness (QED) is 0.212. The third-order valence-electron chi connectivity index (χ3n) is 7.48. The van der Waals surface area contributed by atoms with Gasteiger partial charge in [-0.25, -0.2) is 9.78 Å². The molecule has 0 spiro atoms. The highest BCUT2D eigenvalue weighted by Crippen LogP contribution is 2.31. The first-order valence-corrected chi connectivity index (χ1v) is 15.4. The van der Waals surface area contributed by atoms with Gasteiger partial charge in [-0.15, -0.1) is 11.3 Å². The highest BCUT2D eigenvalue weighted by molar-refractivity contribution is 7.17. The van der Waals surface area contributed by atoms with Gasteiger partial charge in [-0.1, -0.05) is 25.5 Å². The number of rotatable bonds is 9. The zero-order valence-electron chi connectivity index (χ0n) is 24.5. The van der Waals surface area contributed by atoms with E-state index in [1.807, 2.05) is 26.8 Å². The molecule has 7 nitrogen and oxygen atoms in total. The number of imidazole rings is 1. The molecular weight excluding hydrogens is 520 g/mol. The summed E-state index contributed by atoms with van der Waals surface area (Å²) >= 11 is 1.78. The van der Waals surface area contributed by atoms with Gasteiger partial charge in [0.1, 0.15) is 17.5 Å². The predicted octanol–water partition coefficient (Wildman–Crippen LogP) is 7.47. The molecule has 0 saturated carbocycles. The molecule has 1 aromatic carbocycles. The van der Waals surface area contributed by atoms with E-state index in [0.717, 1.165) is 56.6 Å². The van der Waals surface area contributed by atoms with E-state index < -0.39 is 5.60 Å². The van der Waals surface area contributed by atoms with Gasteiger partial charge in [-0.05, 0) is 75.2 Å². The fourth-order valence-corrected chi connectivity index (χ4v) is 6.32. The third kappa shape index (κ3) is 6.54. The molecule has 8 heteroatoms. The molecular formula is C32H42N4O3S. The van der Waals surface area contributed by atoms with Crippen molar-refractivity contribution in [2.45, 2.75) is 84.5 Å². The molecule has 1 amide bonds. The van der Waals surface area contributed by atoms with Crippen LogP contribution in [0.1, 0.15) is 64.6 Å². The van der Waals surface area contributed by atoms with Gasteiger partial charge < -0.3 is 23.5 Å². The lowest BCUT2D eigenvalue weighted by Gasteiger charge is -2.33. The lowest BCUT2D eigenvalue weighted by molar-refractivity contribution is 0.0126. The number of ether oxygens (including phenoxy) is 2. The Labute approximate surface area is 241 Å². The van der Waals surface area contributed by atoms with Crippen molar-refractivity contribution in [3.63, 3.8) is 0 Å². The topological polar surface area (TPSA) is 61.5 Å². The molecule has 0 N–H and O–H groups in total. The van der Waals surface area contributed by atoms with Crippen molar-refractivity contribution in [3.8, 4) is 17.3 Å². The molecule has 0 unspecified atom stereocenters. The Kier molecular flexibility index (Phi) is 8.54. The Morgan fingerprint density at radius 1 is 1.12 bits per heavy atom. The second kappa shape index (κ2) is 12.1. The maximum atomic E-state index is 12.4. The van der Waals surface area contributed by atoms with Gasteiger partial charge in [-0.2, -0.15) is 0 Å². The number of hydrogen-bond donors (Lipinski definition) is 0. The van der Waals surface area contributed by atoms with Gasteiger partial charge in [-0.3, -0.25) is 0 Å². The monoisotopic (exact) mass is 562 g/mol. The van der Waals surface area contributed by atoms with Gasteiger partial charge in [0.05, 0.1) is 15.9 Å². The van der Waals surface area contributed by atoms with Crippen LogP contribution >= 0.6 is 11.3 Å². The van der Waals surface area contributed by atoms with E-state index in [9.17, 15) is 4.79 Å². The van der Waals surface area contributed by atoms with Crippen molar-refractivity contribution in [1.82, 2.24) is 19.0 Å². The fourth-order valence-electron chi connectivity index (χ4n) is 5.48. The van der Waals surface area contributed by atoms with Crippen molar-refractivity contribution in [1.29, 1.82) is 0 Å². The maximum Gasteiger partial charge on any atom is 0.410 e. The number of carbonyl (C=O) groups is 1. The van der Waals surface area contributed by atoms with E-state index in [1.165, 1.54) is 27.2 Å². The van der Waals surface area contributed by atoms with Gasteiger partial charge in [0.2, 0.25) is 0 Å². The summed E-state index contributed by atoms with van der Waals surface area (Å²) in [4.78, 5) is 19.0. The van der Waals surface area contributed by atoms with Crippen molar-refractivity contribution >= 4 is 27.6 Å². The summed E-state index contributed by atoms with van der Waals surface area (Å²) in [6.45, 7) is 10.2. The largest absolute Gasteiger partial charge is 0.490 e. The number of piperidine rings is 1. The normalized spacial score (nSPS) is 14.7. The van der Waals surface area contributed by atoms with Crippen LogP contribution in [0, 0.1) is 0 Å². The average molecular weight is 563 g/mol. The number of carbonyl (C=O) groups excluding carboxylic acids is 1. The minimum atomic E-state index is -0.472. The van der Waals surface area contributed by atoms with Crippen LogP contribution in [0.2, 0.25) is 0 Å². The molecule has 4 heterocycles. The van der Waals surface area contributed by atoms with E-state index in [4.69, 9.17) is 14.5 Å². The summed E-state index contributed by atoms with van der Waals surface area (Å²) in [5.41, 5.74) is 4.55. The zero-order chi connectivity index (χ0) is 28.3. The van der Waals surface area contributed by atoms with E-state index in [1.54, 1.807) is 16.2 Å². The number of aryl methyl sites for hydroxylation is 3. The van der Waals surface area contributed by atoms with Crippen LogP contribution in [-0.2, 0) is 31.2 Å². The Balaban J connectivity index is 1.18. The smallest absolute Gasteiger partial charge is 0.410 e. The highest BCUT2D eigenvalue weighted by atomic mass is 32.1. The number of thiophene rings is 1. The minimum Gasteiger partial charge on any atom is -0.490 e. The van der Waals surface area contributed by atoms with Crippen molar-refractivity contribution in [2.24, 2.45) is 7.05 Å². The summed E-state index contributed by atoms with van der Waals surface area (Å²) in [5.74, 6) is 1.97. The summed E-state index contributed by atoms with van der Waals surface area (Å²) in [7, 11) is 2.13. The lowest BCUT2D eigenvalue weighted by atomic mass is 10.1. The second-order valence-corrected chi connectivity index (χ2v) is 12.7. The van der Waals surface area contributed by atoms with Gasteiger partial charge in [0.15, 0.2) is 5.82 Å². The van der Waals surface area contributed by atoms with Crippen LogP contribution < -0.4 is 4.74 Å². The zero-order valence-corrected chi connectivity index (χ0v) is 25.3. The molecule has 1 fully saturated rings. The number of benzene rings is 1. The number of nitrogens with zero attached hydrogens (tertiary/aromatic N) is 4. The minimum absolute atomic E-state index is 0.110. The molecule has 1 saturated heterocycles. The molecule has 4 aromatic rings. The van der Waals surface area contributed by atoms with E-state index in [0.29, 0.717) is 13.1 Å². The van der Waals surface area contributed by atoms with Gasteiger partial charge in [0, 0.05) is 51.4 Å². The van der Waals surface area contributed by atoms with Crippen LogP contribution in [0.5, 0.6) is 5.75 Å². The number of amides is 1. The summed E-state index contributed by atoms with van der Waals surface area (Å²) in [5, 5.41) is 2.15. The first kappa shape index (κ1) is 28.3. The summed E-state index contributed by atoms with van der Waals surface area (Å²) in [6, 6.07) is 12.9. The van der Waals surface area contributed by atoms with Crippen LogP contribution in [0.3, 0.4) is 0 Å². The summed E-state index contributed by atoms with van der Waals surface area (Å²) < 4.78 is 17.8. The number of aromatic nitrogens is 3. The molecule has 214 valence electrons. The molecule has 40 heavy (non-hydrogen) atoms. The van der Waals surface area contributed by atoms with Gasteiger partial charge in [0.25, 0.3) is 0 Å². The van der Waals surface area contributed by atoms with Crippen molar-refractivity contribution < 1.29 is 14.3 Å².